The SMILES string of the molecule is COC(=O)[C@H]1CN(C(=C[N+](=O)[O-])N2CCCCC2)CC[C@@H]1C(=O)N1CC[C@H](c2ccccc2)C1. The fraction of sp³-hybridized carbons (Fsp3) is 0.600. The van der Waals surface area contributed by atoms with Gasteiger partial charge >= 0.3 is 5.97 Å². The Morgan fingerprint density at radius 1 is 0.941 bits per heavy atom. The molecule has 1 aromatic rings. The Morgan fingerprint density at radius 3 is 2.32 bits per heavy atom. The van der Waals surface area contributed by atoms with Crippen LogP contribution in [0, 0.1) is 22.0 Å². The number of benzene rings is 1. The van der Waals surface area contributed by atoms with Crippen molar-refractivity contribution in [3.63, 3.8) is 0 Å². The van der Waals surface area contributed by atoms with Crippen LogP contribution >= 0.6 is 0 Å². The summed E-state index contributed by atoms with van der Waals surface area (Å²) >= 11 is 0. The lowest BCUT2D eigenvalue weighted by Crippen LogP contribution is -2.52. The maximum atomic E-state index is 13.5. The van der Waals surface area contributed by atoms with Crippen molar-refractivity contribution in [2.24, 2.45) is 11.8 Å². The molecule has 4 rings (SSSR count). The van der Waals surface area contributed by atoms with Gasteiger partial charge in [0, 0.05) is 45.2 Å². The first-order valence-electron chi connectivity index (χ1n) is 12.2. The third-order valence-corrected chi connectivity index (χ3v) is 7.43. The minimum absolute atomic E-state index is 0.00809. The maximum Gasteiger partial charge on any atom is 0.311 e. The standard InChI is InChI=1S/C25H34N4O5/c1-34-25(31)22-17-27(23(18-29(32)33)26-12-6-3-7-13-26)15-11-21(22)24(30)28-14-10-20(16-28)19-8-4-2-5-9-19/h2,4-5,8-9,18,20-22H,3,6-7,10-17H2,1H3/t20-,21-,22-/m0/s1. The second-order valence-electron chi connectivity index (χ2n) is 9.47. The van der Waals surface area contributed by atoms with Crippen molar-refractivity contribution in [2.45, 2.75) is 38.0 Å². The van der Waals surface area contributed by atoms with E-state index in [9.17, 15) is 19.7 Å². The van der Waals surface area contributed by atoms with Crippen molar-refractivity contribution in [2.75, 3.05) is 46.4 Å². The number of piperidine rings is 2. The molecule has 0 saturated carbocycles. The molecule has 3 saturated heterocycles. The smallest absolute Gasteiger partial charge is 0.311 e. The molecule has 9 heteroatoms. The molecule has 0 N–H and O–H groups in total. The third kappa shape index (κ3) is 5.34. The molecule has 3 heterocycles. The molecule has 3 fully saturated rings. The fourth-order valence-electron chi connectivity index (χ4n) is 5.62. The molecule has 3 aliphatic heterocycles. The van der Waals surface area contributed by atoms with Gasteiger partial charge in [0.05, 0.1) is 23.9 Å². The van der Waals surface area contributed by atoms with Crippen LogP contribution in [-0.2, 0) is 14.3 Å². The number of nitro groups is 1. The van der Waals surface area contributed by atoms with Crippen molar-refractivity contribution >= 4 is 11.9 Å². The van der Waals surface area contributed by atoms with Gasteiger partial charge in [-0.1, -0.05) is 30.3 Å². The van der Waals surface area contributed by atoms with Crippen LogP contribution < -0.4 is 0 Å². The molecule has 0 radical (unpaired) electrons. The summed E-state index contributed by atoms with van der Waals surface area (Å²) in [5.41, 5.74) is 1.23. The van der Waals surface area contributed by atoms with Crippen LogP contribution in [0.1, 0.15) is 43.6 Å². The van der Waals surface area contributed by atoms with E-state index in [1.165, 1.54) is 12.7 Å². The van der Waals surface area contributed by atoms with Gasteiger partial charge in [-0.15, -0.1) is 0 Å². The number of nitrogens with zero attached hydrogens (tertiary/aromatic N) is 4. The zero-order chi connectivity index (χ0) is 24.1. The number of ether oxygens (including phenoxy) is 1. The van der Waals surface area contributed by atoms with E-state index in [2.05, 4.69) is 12.1 Å². The number of likely N-dealkylation sites (tertiary alicyclic amines) is 3. The van der Waals surface area contributed by atoms with Crippen molar-refractivity contribution < 1.29 is 19.2 Å². The first kappa shape index (κ1) is 24.0. The summed E-state index contributed by atoms with van der Waals surface area (Å²) in [5, 5.41) is 11.4. The van der Waals surface area contributed by atoms with Gasteiger partial charge in [0.1, 0.15) is 0 Å². The highest BCUT2D eigenvalue weighted by molar-refractivity contribution is 5.86. The van der Waals surface area contributed by atoms with Gasteiger partial charge in [-0.05, 0) is 37.7 Å². The Bertz CT molecular complexity index is 915. The number of hydrogen-bond acceptors (Lipinski definition) is 7. The third-order valence-electron chi connectivity index (χ3n) is 7.43. The van der Waals surface area contributed by atoms with Crippen molar-refractivity contribution in [3.05, 3.63) is 58.0 Å². The predicted molar refractivity (Wildman–Crippen MR) is 126 cm³/mol. The predicted octanol–water partition coefficient (Wildman–Crippen LogP) is 2.68. The van der Waals surface area contributed by atoms with E-state index < -0.39 is 22.7 Å². The van der Waals surface area contributed by atoms with Crippen molar-refractivity contribution in [1.82, 2.24) is 14.7 Å². The molecule has 0 aromatic heterocycles. The molecule has 1 amide bonds. The van der Waals surface area contributed by atoms with Crippen LogP contribution in [0.25, 0.3) is 0 Å². The zero-order valence-corrected chi connectivity index (χ0v) is 19.8. The molecule has 3 aliphatic rings. The Labute approximate surface area is 200 Å². The van der Waals surface area contributed by atoms with Crippen LogP contribution in [0.2, 0.25) is 0 Å². The average Bonchev–Trinajstić information content (AvgIpc) is 3.37. The molecule has 1 aromatic carbocycles. The largest absolute Gasteiger partial charge is 0.469 e. The van der Waals surface area contributed by atoms with Gasteiger partial charge in [-0.2, -0.15) is 0 Å². The Hall–Kier alpha value is -3.10. The number of rotatable bonds is 6. The van der Waals surface area contributed by atoms with Crippen molar-refractivity contribution in [3.8, 4) is 0 Å². The summed E-state index contributed by atoms with van der Waals surface area (Å²) in [7, 11) is 1.34. The van der Waals surface area contributed by atoms with E-state index in [0.29, 0.717) is 37.8 Å². The normalized spacial score (nSPS) is 25.9. The molecular formula is C25H34N4O5. The van der Waals surface area contributed by atoms with Crippen LogP contribution in [0.4, 0.5) is 0 Å². The summed E-state index contributed by atoms with van der Waals surface area (Å²) in [4.78, 5) is 43.1. The van der Waals surface area contributed by atoms with E-state index in [1.54, 1.807) is 0 Å². The topological polar surface area (TPSA) is 96.2 Å². The molecule has 34 heavy (non-hydrogen) atoms. The van der Waals surface area contributed by atoms with Gasteiger partial charge in [0.25, 0.3) is 6.20 Å². The van der Waals surface area contributed by atoms with E-state index in [4.69, 9.17) is 4.74 Å². The molecule has 0 bridgehead atoms. The van der Waals surface area contributed by atoms with Gasteiger partial charge in [0.15, 0.2) is 5.82 Å². The molecule has 9 nitrogen and oxygen atoms in total. The Morgan fingerprint density at radius 2 is 1.65 bits per heavy atom. The van der Waals surface area contributed by atoms with Crippen LogP contribution in [-0.4, -0.2) is 77.9 Å². The summed E-state index contributed by atoms with van der Waals surface area (Å²) in [6.45, 7) is 3.58. The minimum atomic E-state index is -0.651. The van der Waals surface area contributed by atoms with E-state index in [-0.39, 0.29) is 12.5 Å². The Balaban J connectivity index is 1.48. The van der Waals surface area contributed by atoms with Crippen LogP contribution in [0.3, 0.4) is 0 Å². The van der Waals surface area contributed by atoms with Gasteiger partial charge in [0.2, 0.25) is 5.91 Å². The number of hydrogen-bond donors (Lipinski definition) is 0. The first-order chi connectivity index (χ1) is 16.5. The highest BCUT2D eigenvalue weighted by atomic mass is 16.6. The highest BCUT2D eigenvalue weighted by Crippen LogP contribution is 2.34. The fourth-order valence-corrected chi connectivity index (χ4v) is 5.62. The number of esters is 1. The lowest BCUT2D eigenvalue weighted by Gasteiger charge is -2.42. The molecule has 0 spiro atoms. The van der Waals surface area contributed by atoms with E-state index in [1.807, 2.05) is 32.9 Å². The quantitative estimate of drug-likeness (QED) is 0.358. The molecule has 184 valence electrons. The van der Waals surface area contributed by atoms with Gasteiger partial charge in [-0.3, -0.25) is 19.7 Å². The molecule has 3 atom stereocenters. The second-order valence-corrected chi connectivity index (χ2v) is 9.47. The number of methoxy groups -OCH3 is 1. The summed E-state index contributed by atoms with van der Waals surface area (Å²) < 4.78 is 5.07. The van der Waals surface area contributed by atoms with Crippen LogP contribution in [0.5, 0.6) is 0 Å². The molecular weight excluding hydrogens is 436 g/mol. The monoisotopic (exact) mass is 470 g/mol. The van der Waals surface area contributed by atoms with Crippen LogP contribution in [0.15, 0.2) is 42.4 Å². The second kappa shape index (κ2) is 10.9. The first-order valence-corrected chi connectivity index (χ1v) is 12.2. The van der Waals surface area contributed by atoms with E-state index >= 15 is 0 Å². The minimum Gasteiger partial charge on any atom is -0.469 e. The van der Waals surface area contributed by atoms with E-state index in [0.717, 1.165) is 45.0 Å². The number of carbonyl (C=O) groups excluding carboxylic acids is 2. The maximum absolute atomic E-state index is 13.5. The summed E-state index contributed by atoms with van der Waals surface area (Å²) in [5.74, 6) is -0.726. The molecule has 0 unspecified atom stereocenters. The summed E-state index contributed by atoms with van der Waals surface area (Å²) in [6.07, 6.45) is 5.51. The van der Waals surface area contributed by atoms with Gasteiger partial charge in [-0.25, -0.2) is 0 Å². The molecule has 0 aliphatic carbocycles. The number of amides is 1. The highest BCUT2D eigenvalue weighted by Gasteiger charge is 2.43. The summed E-state index contributed by atoms with van der Waals surface area (Å²) in [6, 6.07) is 10.2. The van der Waals surface area contributed by atoms with Crippen molar-refractivity contribution in [1.29, 1.82) is 0 Å². The average molecular weight is 471 g/mol. The lowest BCUT2D eigenvalue weighted by atomic mass is 9.84. The number of carbonyl (C=O) groups is 2. The Kier molecular flexibility index (Phi) is 7.70. The van der Waals surface area contributed by atoms with Gasteiger partial charge < -0.3 is 19.4 Å². The lowest BCUT2D eigenvalue weighted by molar-refractivity contribution is -0.405. The zero-order valence-electron chi connectivity index (χ0n) is 19.8.